The smallest absolute Gasteiger partial charge is 0.250 e. The molecule has 8 rings (SSSR count). The molecule has 2 aliphatic heterocycles. The van der Waals surface area contributed by atoms with Crippen molar-refractivity contribution in [3.8, 4) is 11.3 Å². The summed E-state index contributed by atoms with van der Waals surface area (Å²) in [5.74, 6) is -0.460. The van der Waals surface area contributed by atoms with E-state index < -0.39 is 5.54 Å². The Morgan fingerprint density at radius 1 is 0.870 bits per heavy atom. The van der Waals surface area contributed by atoms with Crippen LogP contribution in [0.1, 0.15) is 36.4 Å². The number of nitrogens with zero attached hydrogens (tertiary/aromatic N) is 6. The van der Waals surface area contributed by atoms with Crippen LogP contribution >= 0.6 is 13.5 Å². The van der Waals surface area contributed by atoms with Gasteiger partial charge in [0, 0.05) is 43.5 Å². The van der Waals surface area contributed by atoms with Crippen LogP contribution in [0.15, 0.2) is 91.1 Å². The van der Waals surface area contributed by atoms with E-state index in [0.29, 0.717) is 56.3 Å². The second-order valence-electron chi connectivity index (χ2n) is 12.5. The quantitative estimate of drug-likeness (QED) is 0.209. The molecule has 2 fully saturated rings. The number of carbonyl (C=O) groups excluding carboxylic acids is 1. The third-order valence-corrected chi connectivity index (χ3v) is 9.99. The Hall–Kier alpha value is -4.28. The van der Waals surface area contributed by atoms with Crippen molar-refractivity contribution in [1.29, 1.82) is 0 Å². The number of aromatic nitrogens is 3. The van der Waals surface area contributed by atoms with E-state index >= 15 is 0 Å². The summed E-state index contributed by atoms with van der Waals surface area (Å²) in [6, 6.07) is 26.3. The molecule has 4 aromatic carbocycles. The predicted octanol–water partition coefficient (Wildman–Crippen LogP) is 6.32. The van der Waals surface area contributed by atoms with E-state index in [9.17, 15) is 13.6 Å². The van der Waals surface area contributed by atoms with Gasteiger partial charge in [0.05, 0.1) is 12.9 Å². The SMILES string of the molecule is O=C1N(CCCn2cc(-c3cccc(F)c3)nn2)CN(c2ccc(F)cc2)C12CCN([C@H]1Cc3cccc4cccc1c34)CC2.S. The molecule has 1 atom stereocenters. The van der Waals surface area contributed by atoms with Crippen molar-refractivity contribution in [2.24, 2.45) is 0 Å². The van der Waals surface area contributed by atoms with Crippen LogP contribution in [0, 0.1) is 11.6 Å². The number of rotatable bonds is 7. The van der Waals surface area contributed by atoms with E-state index in [2.05, 4.69) is 56.5 Å². The van der Waals surface area contributed by atoms with Crippen molar-refractivity contribution in [2.45, 2.75) is 43.8 Å². The first-order valence-electron chi connectivity index (χ1n) is 15.7. The monoisotopic (exact) mass is 638 g/mol. The molecule has 46 heavy (non-hydrogen) atoms. The van der Waals surface area contributed by atoms with Gasteiger partial charge < -0.3 is 9.80 Å². The van der Waals surface area contributed by atoms with Crippen LogP contribution in [0.25, 0.3) is 22.0 Å². The van der Waals surface area contributed by atoms with E-state index in [1.165, 1.54) is 46.2 Å². The number of halogens is 2. The normalized spacial score (nSPS) is 18.9. The minimum Gasteiger partial charge on any atom is -0.339 e. The van der Waals surface area contributed by atoms with E-state index in [0.717, 1.165) is 25.2 Å². The standard InChI is InChI=1S/C36H34F2N6O.H2S/c37-28-11-13-30(14-12-28)44-24-42(17-4-18-43-23-32(39-40-43)26-7-2-9-29(38)21-26)35(45)36(44)15-19-41(20-16-36)33-22-27-8-1-5-25-6-3-10-31(33)34(25)27;/h1-3,5-14,21,23,33H,4,15-20,22,24H2;1H2/t33-;/m0./s1. The molecule has 1 aliphatic carbocycles. The molecule has 7 nitrogen and oxygen atoms in total. The maximum atomic E-state index is 14.3. The Balaban J connectivity index is 0.00000338. The lowest BCUT2D eigenvalue weighted by molar-refractivity contribution is -0.133. The number of hydrogen-bond donors (Lipinski definition) is 0. The highest BCUT2D eigenvalue weighted by molar-refractivity contribution is 7.59. The molecule has 1 amide bonds. The summed E-state index contributed by atoms with van der Waals surface area (Å²) in [7, 11) is 0. The lowest BCUT2D eigenvalue weighted by Gasteiger charge is -2.45. The van der Waals surface area contributed by atoms with E-state index in [1.54, 1.807) is 28.9 Å². The molecule has 0 unspecified atom stereocenters. The molecular weight excluding hydrogens is 603 g/mol. The van der Waals surface area contributed by atoms with Gasteiger partial charge in [-0.15, -0.1) is 5.10 Å². The summed E-state index contributed by atoms with van der Waals surface area (Å²) in [5.41, 5.74) is 4.29. The highest BCUT2D eigenvalue weighted by atomic mass is 32.1. The van der Waals surface area contributed by atoms with Crippen LogP contribution < -0.4 is 4.90 Å². The summed E-state index contributed by atoms with van der Waals surface area (Å²) in [6.07, 6.45) is 4.92. The maximum absolute atomic E-state index is 14.3. The summed E-state index contributed by atoms with van der Waals surface area (Å²) in [6.45, 7) is 3.24. The fourth-order valence-corrected chi connectivity index (χ4v) is 7.74. The third kappa shape index (κ3) is 5.23. The number of aryl methyl sites for hydroxylation is 1. The van der Waals surface area contributed by atoms with Crippen LogP contribution in [0.2, 0.25) is 0 Å². The first-order valence-corrected chi connectivity index (χ1v) is 15.7. The van der Waals surface area contributed by atoms with Gasteiger partial charge in [0.15, 0.2) is 0 Å². The minimum atomic E-state index is -0.663. The van der Waals surface area contributed by atoms with Gasteiger partial charge in [0.1, 0.15) is 22.9 Å². The summed E-state index contributed by atoms with van der Waals surface area (Å²) in [4.78, 5) is 21.0. The van der Waals surface area contributed by atoms with Crippen molar-refractivity contribution in [3.05, 3.63) is 114 Å². The van der Waals surface area contributed by atoms with Crippen LogP contribution in [-0.2, 0) is 17.8 Å². The molecule has 0 saturated carbocycles. The molecule has 2 saturated heterocycles. The zero-order valence-electron chi connectivity index (χ0n) is 25.4. The van der Waals surface area contributed by atoms with Gasteiger partial charge in [-0.1, -0.05) is 53.7 Å². The zero-order valence-corrected chi connectivity index (χ0v) is 26.4. The van der Waals surface area contributed by atoms with Crippen LogP contribution in [0.5, 0.6) is 0 Å². The number of piperidine rings is 1. The highest BCUT2D eigenvalue weighted by Gasteiger charge is 2.54. The largest absolute Gasteiger partial charge is 0.339 e. The number of likely N-dealkylation sites (tertiary alicyclic amines) is 1. The summed E-state index contributed by atoms with van der Waals surface area (Å²) < 4.78 is 29.3. The van der Waals surface area contributed by atoms with E-state index in [1.807, 2.05) is 11.1 Å². The minimum absolute atomic E-state index is 0. The van der Waals surface area contributed by atoms with Gasteiger partial charge in [-0.05, 0) is 84.0 Å². The molecule has 10 heteroatoms. The molecule has 1 aromatic heterocycles. The lowest BCUT2D eigenvalue weighted by Crippen LogP contribution is -2.57. The van der Waals surface area contributed by atoms with Crippen LogP contribution in [0.3, 0.4) is 0 Å². The fraction of sp³-hybridized carbons (Fsp3) is 0.306. The Bertz CT molecular complexity index is 1880. The molecule has 0 N–H and O–H groups in total. The number of carbonyl (C=O) groups is 1. The number of hydrogen-bond acceptors (Lipinski definition) is 5. The van der Waals surface area contributed by atoms with Crippen molar-refractivity contribution >= 4 is 35.9 Å². The summed E-state index contributed by atoms with van der Waals surface area (Å²) >= 11 is 0. The van der Waals surface area contributed by atoms with E-state index in [-0.39, 0.29) is 31.0 Å². The van der Waals surface area contributed by atoms with Gasteiger partial charge in [-0.2, -0.15) is 13.5 Å². The van der Waals surface area contributed by atoms with Gasteiger partial charge in [-0.25, -0.2) is 8.78 Å². The average Bonchev–Trinajstić information content (AvgIpc) is 3.76. The van der Waals surface area contributed by atoms with Gasteiger partial charge >= 0.3 is 0 Å². The molecule has 3 heterocycles. The van der Waals surface area contributed by atoms with Crippen molar-refractivity contribution in [3.63, 3.8) is 0 Å². The van der Waals surface area contributed by atoms with Crippen LogP contribution in [0.4, 0.5) is 14.5 Å². The third-order valence-electron chi connectivity index (χ3n) is 9.99. The molecule has 0 bridgehead atoms. The molecule has 3 aliphatic rings. The Morgan fingerprint density at radius 2 is 1.63 bits per heavy atom. The first-order chi connectivity index (χ1) is 22.0. The van der Waals surface area contributed by atoms with Crippen molar-refractivity contribution < 1.29 is 13.6 Å². The second kappa shape index (κ2) is 12.1. The molecule has 5 aromatic rings. The molecular formula is C36H36F2N6OS. The van der Waals surface area contributed by atoms with Crippen molar-refractivity contribution in [2.75, 3.05) is 31.2 Å². The lowest BCUT2D eigenvalue weighted by atomic mass is 9.84. The number of amides is 1. The topological polar surface area (TPSA) is 57.5 Å². The van der Waals surface area contributed by atoms with Gasteiger partial charge in [0.25, 0.3) is 0 Å². The summed E-state index contributed by atoms with van der Waals surface area (Å²) in [5, 5.41) is 11.1. The van der Waals surface area contributed by atoms with Crippen molar-refractivity contribution in [1.82, 2.24) is 24.8 Å². The maximum Gasteiger partial charge on any atom is 0.250 e. The Kier molecular flexibility index (Phi) is 8.02. The zero-order chi connectivity index (χ0) is 30.5. The molecule has 1 spiro atoms. The number of anilines is 1. The Labute approximate surface area is 273 Å². The molecule has 236 valence electrons. The first kappa shape index (κ1) is 30.4. The Morgan fingerprint density at radius 3 is 2.41 bits per heavy atom. The predicted molar refractivity (Wildman–Crippen MR) is 180 cm³/mol. The highest BCUT2D eigenvalue weighted by Crippen LogP contribution is 2.45. The second-order valence-corrected chi connectivity index (χ2v) is 12.5. The fourth-order valence-electron chi connectivity index (χ4n) is 7.74. The van der Waals surface area contributed by atoms with E-state index in [4.69, 9.17) is 0 Å². The number of benzene rings is 4. The van der Waals surface area contributed by atoms with Crippen LogP contribution in [-0.4, -0.2) is 62.5 Å². The van der Waals surface area contributed by atoms with Gasteiger partial charge in [0.2, 0.25) is 5.91 Å². The van der Waals surface area contributed by atoms with Gasteiger partial charge in [-0.3, -0.25) is 14.4 Å². The average molecular weight is 639 g/mol. The molecule has 0 radical (unpaired) electrons.